The lowest BCUT2D eigenvalue weighted by Crippen LogP contribution is -2.35. The van der Waals surface area contributed by atoms with Crippen LogP contribution >= 0.6 is 0 Å². The fraction of sp³-hybridized carbons (Fsp3) is 0.450. The molecule has 1 N–H and O–H groups in total. The first-order chi connectivity index (χ1) is 13.5. The molecule has 0 bridgehead atoms. The summed E-state index contributed by atoms with van der Waals surface area (Å²) in [5.41, 5.74) is 0.703. The van der Waals surface area contributed by atoms with Gasteiger partial charge in [0.2, 0.25) is 15.9 Å². The van der Waals surface area contributed by atoms with Crippen LogP contribution in [0.15, 0.2) is 45.9 Å². The zero-order valence-corrected chi connectivity index (χ0v) is 16.8. The van der Waals surface area contributed by atoms with Gasteiger partial charge in [-0.3, -0.25) is 4.79 Å². The van der Waals surface area contributed by atoms with Crippen molar-refractivity contribution >= 4 is 15.9 Å². The number of furan rings is 1. The van der Waals surface area contributed by atoms with Crippen LogP contribution in [0, 0.1) is 0 Å². The highest BCUT2D eigenvalue weighted by Gasteiger charge is 2.26. The van der Waals surface area contributed by atoms with Crippen molar-refractivity contribution in [3.05, 3.63) is 47.9 Å². The van der Waals surface area contributed by atoms with Crippen molar-refractivity contribution in [2.75, 3.05) is 20.2 Å². The van der Waals surface area contributed by atoms with Gasteiger partial charge >= 0.3 is 0 Å². The summed E-state index contributed by atoms with van der Waals surface area (Å²) in [6, 6.07) is 8.41. The summed E-state index contributed by atoms with van der Waals surface area (Å²) in [6.07, 6.45) is 5.00. The fourth-order valence-electron chi connectivity index (χ4n) is 3.30. The summed E-state index contributed by atoms with van der Waals surface area (Å²) in [4.78, 5) is 12.4. The van der Waals surface area contributed by atoms with E-state index in [1.807, 2.05) is 0 Å². The smallest absolute Gasteiger partial charge is 0.243 e. The number of methoxy groups -OCH3 is 1. The minimum atomic E-state index is -3.52. The van der Waals surface area contributed by atoms with Crippen molar-refractivity contribution in [3.63, 3.8) is 0 Å². The number of aryl methyl sites for hydroxylation is 1. The van der Waals surface area contributed by atoms with Crippen molar-refractivity contribution in [1.29, 1.82) is 0 Å². The molecule has 0 aliphatic carbocycles. The standard InChI is InChI=1S/C20H26N2O5S/c1-26-19-9-8-18(28(24,25)22-11-3-2-4-12-22)14-16(19)7-10-20(23)21-15-17-6-5-13-27-17/h5-6,8-9,13-14H,2-4,7,10-12,15H2,1H3,(H,21,23). The van der Waals surface area contributed by atoms with E-state index in [0.717, 1.165) is 19.3 Å². The highest BCUT2D eigenvalue weighted by molar-refractivity contribution is 7.89. The van der Waals surface area contributed by atoms with E-state index in [1.54, 1.807) is 36.6 Å². The number of sulfonamides is 1. The van der Waals surface area contributed by atoms with Crippen LogP contribution in [0.25, 0.3) is 0 Å². The van der Waals surface area contributed by atoms with Gasteiger partial charge in [-0.25, -0.2) is 8.42 Å². The molecule has 2 aromatic rings. The van der Waals surface area contributed by atoms with Crippen LogP contribution in [0.4, 0.5) is 0 Å². The molecule has 8 heteroatoms. The lowest BCUT2D eigenvalue weighted by atomic mass is 10.1. The molecule has 28 heavy (non-hydrogen) atoms. The van der Waals surface area contributed by atoms with Crippen molar-refractivity contribution in [2.45, 2.75) is 43.5 Å². The number of hydrogen-bond acceptors (Lipinski definition) is 5. The van der Waals surface area contributed by atoms with Gasteiger partial charge in [-0.15, -0.1) is 0 Å². The Morgan fingerprint density at radius 3 is 2.68 bits per heavy atom. The van der Waals surface area contributed by atoms with E-state index in [9.17, 15) is 13.2 Å². The van der Waals surface area contributed by atoms with Crippen LogP contribution in [0.5, 0.6) is 5.75 Å². The molecule has 1 amide bonds. The predicted molar refractivity (Wildman–Crippen MR) is 104 cm³/mol. The van der Waals surface area contributed by atoms with Crippen molar-refractivity contribution in [1.82, 2.24) is 9.62 Å². The molecule has 1 aromatic heterocycles. The molecule has 1 aliphatic heterocycles. The van der Waals surface area contributed by atoms with Crippen LogP contribution in [0.2, 0.25) is 0 Å². The van der Waals surface area contributed by atoms with E-state index in [2.05, 4.69) is 5.32 Å². The maximum absolute atomic E-state index is 12.9. The lowest BCUT2D eigenvalue weighted by Gasteiger charge is -2.26. The van der Waals surface area contributed by atoms with Crippen LogP contribution in [-0.2, 0) is 27.8 Å². The first-order valence-electron chi connectivity index (χ1n) is 9.47. The maximum atomic E-state index is 12.9. The molecule has 0 atom stereocenters. The van der Waals surface area contributed by atoms with Gasteiger partial charge in [-0.1, -0.05) is 6.42 Å². The van der Waals surface area contributed by atoms with E-state index in [0.29, 0.717) is 43.1 Å². The molecule has 7 nitrogen and oxygen atoms in total. The van der Waals surface area contributed by atoms with E-state index >= 15 is 0 Å². The number of carbonyl (C=O) groups excluding carboxylic acids is 1. The molecule has 3 rings (SSSR count). The fourth-order valence-corrected chi connectivity index (χ4v) is 4.87. The molecule has 0 saturated carbocycles. The van der Waals surface area contributed by atoms with Gasteiger partial charge in [0.25, 0.3) is 0 Å². The van der Waals surface area contributed by atoms with Crippen LogP contribution in [0.1, 0.15) is 37.0 Å². The van der Waals surface area contributed by atoms with Crippen molar-refractivity contribution in [2.24, 2.45) is 0 Å². The first kappa shape index (κ1) is 20.4. The van der Waals surface area contributed by atoms with Crippen LogP contribution < -0.4 is 10.1 Å². The van der Waals surface area contributed by atoms with Gasteiger partial charge in [0.05, 0.1) is 24.8 Å². The van der Waals surface area contributed by atoms with Gasteiger partial charge < -0.3 is 14.5 Å². The third-order valence-corrected chi connectivity index (χ3v) is 6.76. The van der Waals surface area contributed by atoms with Gasteiger partial charge in [-0.05, 0) is 55.2 Å². The Morgan fingerprint density at radius 1 is 1.21 bits per heavy atom. The monoisotopic (exact) mass is 406 g/mol. The Kier molecular flexibility index (Phi) is 6.74. The predicted octanol–water partition coefficient (Wildman–Crippen LogP) is 2.71. The molecular formula is C20H26N2O5S. The van der Waals surface area contributed by atoms with Crippen LogP contribution in [0.3, 0.4) is 0 Å². The zero-order chi connectivity index (χ0) is 20.0. The third kappa shape index (κ3) is 4.94. The molecule has 0 radical (unpaired) electrons. The number of nitrogens with zero attached hydrogens (tertiary/aromatic N) is 1. The topological polar surface area (TPSA) is 88.9 Å². The number of benzene rings is 1. The Balaban J connectivity index is 1.67. The van der Waals surface area contributed by atoms with Gasteiger partial charge in [-0.2, -0.15) is 4.31 Å². The highest BCUT2D eigenvalue weighted by atomic mass is 32.2. The molecule has 1 fully saturated rings. The summed E-state index contributed by atoms with van der Waals surface area (Å²) in [7, 11) is -1.99. The molecule has 1 aliphatic rings. The minimum Gasteiger partial charge on any atom is -0.496 e. The number of carbonyl (C=O) groups is 1. The minimum absolute atomic E-state index is 0.136. The molecule has 1 saturated heterocycles. The number of rotatable bonds is 8. The number of hydrogen-bond donors (Lipinski definition) is 1. The summed E-state index contributed by atoms with van der Waals surface area (Å²) in [6.45, 7) is 1.43. The van der Waals surface area contributed by atoms with Crippen molar-refractivity contribution in [3.8, 4) is 5.75 Å². The molecule has 0 spiro atoms. The third-order valence-electron chi connectivity index (χ3n) is 4.87. The second-order valence-electron chi connectivity index (χ2n) is 6.79. The first-order valence-corrected chi connectivity index (χ1v) is 10.9. The van der Waals surface area contributed by atoms with E-state index < -0.39 is 10.0 Å². The summed E-state index contributed by atoms with van der Waals surface area (Å²) < 4.78 is 37.9. The largest absolute Gasteiger partial charge is 0.496 e. The second kappa shape index (κ2) is 9.25. The normalized spacial score (nSPS) is 15.3. The lowest BCUT2D eigenvalue weighted by molar-refractivity contribution is -0.121. The average molecular weight is 407 g/mol. The van der Waals surface area contributed by atoms with Crippen LogP contribution in [-0.4, -0.2) is 38.8 Å². The Labute approximate surface area is 165 Å². The molecule has 152 valence electrons. The van der Waals surface area contributed by atoms with Crippen molar-refractivity contribution < 1.29 is 22.4 Å². The summed E-state index contributed by atoms with van der Waals surface area (Å²) in [5, 5.41) is 2.79. The average Bonchev–Trinajstić information content (AvgIpc) is 3.24. The molecular weight excluding hydrogens is 380 g/mol. The van der Waals surface area contributed by atoms with E-state index in [-0.39, 0.29) is 17.2 Å². The van der Waals surface area contributed by atoms with Gasteiger partial charge in [0, 0.05) is 19.5 Å². The number of piperidine rings is 1. The second-order valence-corrected chi connectivity index (χ2v) is 8.73. The number of nitrogens with one attached hydrogen (secondary N) is 1. The maximum Gasteiger partial charge on any atom is 0.243 e. The SMILES string of the molecule is COc1ccc(S(=O)(=O)N2CCCCC2)cc1CCC(=O)NCc1ccco1. The van der Waals surface area contributed by atoms with Gasteiger partial charge in [0.1, 0.15) is 11.5 Å². The molecule has 2 heterocycles. The number of amides is 1. The summed E-state index contributed by atoms with van der Waals surface area (Å²) >= 11 is 0. The molecule has 0 unspecified atom stereocenters. The Hall–Kier alpha value is -2.32. The Morgan fingerprint density at radius 2 is 2.00 bits per heavy atom. The number of ether oxygens (including phenoxy) is 1. The zero-order valence-electron chi connectivity index (χ0n) is 16.0. The van der Waals surface area contributed by atoms with E-state index in [1.165, 1.54) is 11.4 Å². The quantitative estimate of drug-likeness (QED) is 0.728. The molecule has 1 aromatic carbocycles. The summed E-state index contributed by atoms with van der Waals surface area (Å²) in [5.74, 6) is 1.12. The van der Waals surface area contributed by atoms with Gasteiger partial charge in [0.15, 0.2) is 0 Å². The highest BCUT2D eigenvalue weighted by Crippen LogP contribution is 2.27. The van der Waals surface area contributed by atoms with E-state index in [4.69, 9.17) is 9.15 Å². The Bertz CT molecular complexity index is 887.